The molecule has 1 aromatic heterocycles. The van der Waals surface area contributed by atoms with Crippen LogP contribution < -0.4 is 15.4 Å². The molecule has 0 amide bonds. The summed E-state index contributed by atoms with van der Waals surface area (Å²) >= 11 is 0. The highest BCUT2D eigenvalue weighted by molar-refractivity contribution is 5.54. The predicted molar refractivity (Wildman–Crippen MR) is 64.8 cm³/mol. The standard InChI is InChI=1S/C11H19N3O2/c1-8(2)16-11-9(12)4-5-10(13-11)14(3)6-7-15/h4-5,8,15H,6-7,12H2,1-3H3. The summed E-state index contributed by atoms with van der Waals surface area (Å²) in [5.41, 5.74) is 6.28. The van der Waals surface area contributed by atoms with Crippen molar-refractivity contribution in [2.24, 2.45) is 0 Å². The highest BCUT2D eigenvalue weighted by Gasteiger charge is 2.08. The summed E-state index contributed by atoms with van der Waals surface area (Å²) in [7, 11) is 1.86. The number of nitrogens with zero attached hydrogens (tertiary/aromatic N) is 2. The number of ether oxygens (including phenoxy) is 1. The van der Waals surface area contributed by atoms with Crippen molar-refractivity contribution in [3.8, 4) is 5.88 Å². The Morgan fingerprint density at radius 3 is 2.75 bits per heavy atom. The maximum atomic E-state index is 8.84. The average Bonchev–Trinajstić information content (AvgIpc) is 2.21. The molecule has 90 valence electrons. The molecule has 1 aromatic rings. The number of hydrogen-bond acceptors (Lipinski definition) is 5. The molecule has 1 rings (SSSR count). The van der Waals surface area contributed by atoms with E-state index in [-0.39, 0.29) is 12.7 Å². The monoisotopic (exact) mass is 225 g/mol. The Bertz CT molecular complexity index is 342. The summed E-state index contributed by atoms with van der Waals surface area (Å²) in [5.74, 6) is 1.18. The normalized spacial score (nSPS) is 10.6. The molecule has 1 heterocycles. The van der Waals surface area contributed by atoms with Gasteiger partial charge in [0, 0.05) is 13.6 Å². The average molecular weight is 225 g/mol. The van der Waals surface area contributed by atoms with E-state index in [4.69, 9.17) is 15.6 Å². The van der Waals surface area contributed by atoms with Gasteiger partial charge < -0.3 is 20.5 Å². The van der Waals surface area contributed by atoms with Gasteiger partial charge in [-0.05, 0) is 26.0 Å². The first-order valence-electron chi connectivity index (χ1n) is 5.29. The van der Waals surface area contributed by atoms with Crippen LogP contribution in [0.15, 0.2) is 12.1 Å². The van der Waals surface area contributed by atoms with Crippen LogP contribution in [0.2, 0.25) is 0 Å². The fraction of sp³-hybridized carbons (Fsp3) is 0.545. The third kappa shape index (κ3) is 3.27. The lowest BCUT2D eigenvalue weighted by Gasteiger charge is -2.19. The minimum Gasteiger partial charge on any atom is -0.473 e. The number of pyridine rings is 1. The zero-order valence-corrected chi connectivity index (χ0v) is 9.97. The zero-order chi connectivity index (χ0) is 12.1. The Hall–Kier alpha value is -1.49. The van der Waals surface area contributed by atoms with Gasteiger partial charge in [-0.1, -0.05) is 0 Å². The lowest BCUT2D eigenvalue weighted by Crippen LogP contribution is -2.22. The summed E-state index contributed by atoms with van der Waals surface area (Å²) < 4.78 is 5.49. The highest BCUT2D eigenvalue weighted by atomic mass is 16.5. The maximum absolute atomic E-state index is 8.84. The van der Waals surface area contributed by atoms with E-state index in [9.17, 15) is 0 Å². The van der Waals surface area contributed by atoms with Crippen molar-refractivity contribution in [1.29, 1.82) is 0 Å². The van der Waals surface area contributed by atoms with Crippen molar-refractivity contribution < 1.29 is 9.84 Å². The van der Waals surface area contributed by atoms with Crippen molar-refractivity contribution in [3.63, 3.8) is 0 Å². The van der Waals surface area contributed by atoms with Gasteiger partial charge in [-0.3, -0.25) is 0 Å². The molecule has 5 heteroatoms. The number of anilines is 2. The van der Waals surface area contributed by atoms with Crippen molar-refractivity contribution in [2.75, 3.05) is 30.8 Å². The molecule has 0 aliphatic carbocycles. The van der Waals surface area contributed by atoms with Crippen LogP contribution in [-0.4, -0.2) is 36.4 Å². The molecule has 0 radical (unpaired) electrons. The van der Waals surface area contributed by atoms with E-state index in [1.54, 1.807) is 12.1 Å². The minimum absolute atomic E-state index is 0.0354. The van der Waals surface area contributed by atoms with E-state index in [1.165, 1.54) is 0 Å². The number of likely N-dealkylation sites (N-methyl/N-ethyl adjacent to an activating group) is 1. The van der Waals surface area contributed by atoms with Crippen LogP contribution in [0.25, 0.3) is 0 Å². The molecule has 0 unspecified atom stereocenters. The first-order valence-corrected chi connectivity index (χ1v) is 5.29. The van der Waals surface area contributed by atoms with E-state index in [1.807, 2.05) is 25.8 Å². The second kappa shape index (κ2) is 5.55. The summed E-state index contributed by atoms with van der Waals surface area (Å²) in [4.78, 5) is 6.14. The van der Waals surface area contributed by atoms with Crippen LogP contribution in [0.1, 0.15) is 13.8 Å². The minimum atomic E-state index is 0.0354. The Morgan fingerprint density at radius 1 is 1.50 bits per heavy atom. The van der Waals surface area contributed by atoms with E-state index >= 15 is 0 Å². The number of aromatic nitrogens is 1. The van der Waals surface area contributed by atoms with E-state index in [0.29, 0.717) is 18.1 Å². The number of aliphatic hydroxyl groups excluding tert-OH is 1. The molecule has 0 aromatic carbocycles. The second-order valence-electron chi connectivity index (χ2n) is 3.88. The van der Waals surface area contributed by atoms with Gasteiger partial charge in [0.05, 0.1) is 18.4 Å². The molecule has 16 heavy (non-hydrogen) atoms. The molecule has 0 bridgehead atoms. The molecule has 5 nitrogen and oxygen atoms in total. The van der Waals surface area contributed by atoms with Gasteiger partial charge in [-0.2, -0.15) is 4.98 Å². The summed E-state index contributed by atoms with van der Waals surface area (Å²) in [6.07, 6.45) is 0.0354. The van der Waals surface area contributed by atoms with Crippen molar-refractivity contribution in [2.45, 2.75) is 20.0 Å². The Morgan fingerprint density at radius 2 is 2.19 bits per heavy atom. The van der Waals surface area contributed by atoms with E-state index in [2.05, 4.69) is 4.98 Å². The van der Waals surface area contributed by atoms with E-state index in [0.717, 1.165) is 5.82 Å². The lowest BCUT2D eigenvalue weighted by molar-refractivity contribution is 0.234. The van der Waals surface area contributed by atoms with Crippen LogP contribution in [0.3, 0.4) is 0 Å². The van der Waals surface area contributed by atoms with Gasteiger partial charge in [0.2, 0.25) is 5.88 Å². The van der Waals surface area contributed by atoms with Crippen molar-refractivity contribution in [3.05, 3.63) is 12.1 Å². The maximum Gasteiger partial charge on any atom is 0.239 e. The zero-order valence-electron chi connectivity index (χ0n) is 9.97. The van der Waals surface area contributed by atoms with Gasteiger partial charge in [-0.25, -0.2) is 0 Å². The van der Waals surface area contributed by atoms with Crippen LogP contribution in [-0.2, 0) is 0 Å². The summed E-state index contributed by atoms with van der Waals surface area (Å²) in [6, 6.07) is 3.56. The number of hydrogen-bond donors (Lipinski definition) is 2. The summed E-state index contributed by atoms with van der Waals surface area (Å²) in [5, 5.41) is 8.84. The molecule has 0 aliphatic rings. The molecule has 0 saturated carbocycles. The second-order valence-corrected chi connectivity index (χ2v) is 3.88. The molecule has 3 N–H and O–H groups in total. The van der Waals surface area contributed by atoms with Gasteiger partial charge in [-0.15, -0.1) is 0 Å². The van der Waals surface area contributed by atoms with Gasteiger partial charge in [0.1, 0.15) is 5.82 Å². The van der Waals surface area contributed by atoms with Gasteiger partial charge >= 0.3 is 0 Å². The first-order chi connectivity index (χ1) is 7.54. The smallest absolute Gasteiger partial charge is 0.239 e. The van der Waals surface area contributed by atoms with Gasteiger partial charge in [0.15, 0.2) is 0 Å². The van der Waals surface area contributed by atoms with Gasteiger partial charge in [0.25, 0.3) is 0 Å². The largest absolute Gasteiger partial charge is 0.473 e. The van der Waals surface area contributed by atoms with Crippen molar-refractivity contribution >= 4 is 11.5 Å². The van der Waals surface area contributed by atoms with Crippen LogP contribution in [0.5, 0.6) is 5.88 Å². The van der Waals surface area contributed by atoms with Crippen LogP contribution in [0, 0.1) is 0 Å². The Balaban J connectivity index is 2.88. The first kappa shape index (κ1) is 12.6. The lowest BCUT2D eigenvalue weighted by atomic mass is 10.3. The van der Waals surface area contributed by atoms with Crippen LogP contribution >= 0.6 is 0 Å². The predicted octanol–water partition coefficient (Wildman–Crippen LogP) is 0.879. The Kier molecular flexibility index (Phi) is 4.37. The number of aliphatic hydroxyl groups is 1. The molecule has 0 aliphatic heterocycles. The molecule has 0 saturated heterocycles. The number of nitrogen functional groups attached to an aromatic ring is 1. The molecular formula is C11H19N3O2. The third-order valence-electron chi connectivity index (χ3n) is 2.05. The quantitative estimate of drug-likeness (QED) is 0.778. The number of rotatable bonds is 5. The highest BCUT2D eigenvalue weighted by Crippen LogP contribution is 2.23. The topological polar surface area (TPSA) is 71.6 Å². The molecular weight excluding hydrogens is 206 g/mol. The SMILES string of the molecule is CC(C)Oc1nc(N(C)CCO)ccc1N. The molecule has 0 fully saturated rings. The summed E-state index contributed by atoms with van der Waals surface area (Å²) in [6.45, 7) is 4.46. The molecule has 0 spiro atoms. The fourth-order valence-electron chi connectivity index (χ4n) is 1.24. The number of nitrogens with two attached hydrogens (primary N) is 1. The van der Waals surface area contributed by atoms with Crippen molar-refractivity contribution in [1.82, 2.24) is 4.98 Å². The van der Waals surface area contributed by atoms with E-state index < -0.39 is 0 Å². The third-order valence-corrected chi connectivity index (χ3v) is 2.05. The molecule has 0 atom stereocenters. The fourth-order valence-corrected chi connectivity index (χ4v) is 1.24. The van der Waals surface area contributed by atoms with Crippen LogP contribution in [0.4, 0.5) is 11.5 Å². The Labute approximate surface area is 95.8 Å².